The van der Waals surface area contributed by atoms with Crippen molar-refractivity contribution >= 4 is 0 Å². The molecular weight excluding hydrogens is 244 g/mol. The fourth-order valence-electron chi connectivity index (χ4n) is 2.15. The first kappa shape index (κ1) is 16.1. The first-order valence-electron chi connectivity index (χ1n) is 7.18. The van der Waals surface area contributed by atoms with Crippen molar-refractivity contribution in [3.05, 3.63) is 34.9 Å². The molecule has 0 fully saturated rings. The SMILES string of the molecule is CCCNC(CC(C)CC)c1cc(C)c(F)cc1F. The minimum absolute atomic E-state index is 0.0331. The Morgan fingerprint density at radius 3 is 2.42 bits per heavy atom. The van der Waals surface area contributed by atoms with E-state index in [-0.39, 0.29) is 6.04 Å². The van der Waals surface area contributed by atoms with Gasteiger partial charge in [-0.2, -0.15) is 0 Å². The Labute approximate surface area is 115 Å². The van der Waals surface area contributed by atoms with Crippen LogP contribution in [0.3, 0.4) is 0 Å². The lowest BCUT2D eigenvalue weighted by molar-refractivity contribution is 0.390. The average Bonchev–Trinajstić information content (AvgIpc) is 2.38. The fourth-order valence-corrected chi connectivity index (χ4v) is 2.15. The van der Waals surface area contributed by atoms with Crippen LogP contribution in [0.15, 0.2) is 12.1 Å². The normalized spacial score (nSPS) is 14.4. The molecule has 1 nitrogen and oxygen atoms in total. The third-order valence-corrected chi connectivity index (χ3v) is 3.63. The molecule has 1 N–H and O–H groups in total. The summed E-state index contributed by atoms with van der Waals surface area (Å²) in [7, 11) is 0. The molecule has 3 heteroatoms. The van der Waals surface area contributed by atoms with Gasteiger partial charge in [-0.1, -0.05) is 27.2 Å². The molecule has 0 radical (unpaired) electrons. The van der Waals surface area contributed by atoms with Crippen molar-refractivity contribution in [3.63, 3.8) is 0 Å². The highest BCUT2D eigenvalue weighted by atomic mass is 19.1. The average molecular weight is 269 g/mol. The van der Waals surface area contributed by atoms with E-state index >= 15 is 0 Å². The van der Waals surface area contributed by atoms with Gasteiger partial charge in [0.1, 0.15) is 11.6 Å². The maximum Gasteiger partial charge on any atom is 0.130 e. The molecule has 0 bridgehead atoms. The van der Waals surface area contributed by atoms with E-state index in [9.17, 15) is 8.78 Å². The molecule has 2 unspecified atom stereocenters. The summed E-state index contributed by atoms with van der Waals surface area (Å²) in [4.78, 5) is 0. The van der Waals surface area contributed by atoms with Gasteiger partial charge in [-0.25, -0.2) is 8.78 Å². The van der Waals surface area contributed by atoms with Crippen LogP contribution in [0.1, 0.15) is 57.2 Å². The zero-order valence-corrected chi connectivity index (χ0v) is 12.4. The van der Waals surface area contributed by atoms with Crippen molar-refractivity contribution in [2.45, 2.75) is 53.0 Å². The van der Waals surface area contributed by atoms with E-state index in [1.165, 1.54) is 0 Å². The maximum absolute atomic E-state index is 14.0. The minimum atomic E-state index is -0.473. The van der Waals surface area contributed by atoms with Crippen molar-refractivity contribution in [2.75, 3.05) is 6.54 Å². The van der Waals surface area contributed by atoms with Crippen LogP contribution in [-0.2, 0) is 0 Å². The molecule has 1 rings (SSSR count). The molecule has 108 valence electrons. The second kappa shape index (κ2) is 7.59. The van der Waals surface area contributed by atoms with Gasteiger partial charge in [0, 0.05) is 17.7 Å². The van der Waals surface area contributed by atoms with Crippen LogP contribution in [-0.4, -0.2) is 6.54 Å². The van der Waals surface area contributed by atoms with Crippen molar-refractivity contribution in [1.82, 2.24) is 5.32 Å². The van der Waals surface area contributed by atoms with Gasteiger partial charge < -0.3 is 5.32 Å². The third kappa shape index (κ3) is 4.57. The van der Waals surface area contributed by atoms with Gasteiger partial charge in [-0.3, -0.25) is 0 Å². The van der Waals surface area contributed by atoms with E-state index in [4.69, 9.17) is 0 Å². The number of hydrogen-bond donors (Lipinski definition) is 1. The molecule has 0 heterocycles. The minimum Gasteiger partial charge on any atom is -0.310 e. The summed E-state index contributed by atoms with van der Waals surface area (Å²) in [6.07, 6.45) is 2.93. The lowest BCUT2D eigenvalue weighted by Crippen LogP contribution is -2.25. The number of aryl methyl sites for hydroxylation is 1. The number of rotatable bonds is 7. The second-order valence-corrected chi connectivity index (χ2v) is 5.38. The predicted octanol–water partition coefficient (Wildman–Crippen LogP) is 4.75. The lowest BCUT2D eigenvalue weighted by Gasteiger charge is -2.23. The molecule has 0 spiro atoms. The molecule has 2 atom stereocenters. The van der Waals surface area contributed by atoms with E-state index in [1.54, 1.807) is 13.0 Å². The highest BCUT2D eigenvalue weighted by Gasteiger charge is 2.19. The van der Waals surface area contributed by atoms with Gasteiger partial charge >= 0.3 is 0 Å². The van der Waals surface area contributed by atoms with E-state index < -0.39 is 11.6 Å². The Morgan fingerprint density at radius 1 is 1.16 bits per heavy atom. The summed E-state index contributed by atoms with van der Waals surface area (Å²) in [5.41, 5.74) is 1.09. The summed E-state index contributed by atoms with van der Waals surface area (Å²) < 4.78 is 27.3. The molecule has 0 saturated carbocycles. The Hall–Kier alpha value is -0.960. The number of halogens is 2. The van der Waals surface area contributed by atoms with Crippen LogP contribution < -0.4 is 5.32 Å². The van der Waals surface area contributed by atoms with E-state index in [2.05, 4.69) is 26.1 Å². The Kier molecular flexibility index (Phi) is 6.43. The van der Waals surface area contributed by atoms with Gasteiger partial charge in [0.25, 0.3) is 0 Å². The van der Waals surface area contributed by atoms with Crippen LogP contribution in [0.5, 0.6) is 0 Å². The second-order valence-electron chi connectivity index (χ2n) is 5.38. The van der Waals surface area contributed by atoms with Crippen molar-refractivity contribution in [1.29, 1.82) is 0 Å². The zero-order chi connectivity index (χ0) is 14.4. The zero-order valence-electron chi connectivity index (χ0n) is 12.4. The van der Waals surface area contributed by atoms with Crippen LogP contribution in [0, 0.1) is 24.5 Å². The number of hydrogen-bond acceptors (Lipinski definition) is 1. The molecule has 1 aromatic carbocycles. The van der Waals surface area contributed by atoms with E-state index in [0.717, 1.165) is 31.9 Å². The molecule has 0 amide bonds. The highest BCUT2D eigenvalue weighted by molar-refractivity contribution is 5.28. The molecule has 0 aliphatic rings. The van der Waals surface area contributed by atoms with Gasteiger partial charge in [0.2, 0.25) is 0 Å². The van der Waals surface area contributed by atoms with Crippen molar-refractivity contribution in [2.24, 2.45) is 5.92 Å². The summed E-state index contributed by atoms with van der Waals surface area (Å²) in [5, 5.41) is 3.38. The van der Waals surface area contributed by atoms with Crippen molar-refractivity contribution < 1.29 is 8.78 Å². The Morgan fingerprint density at radius 2 is 1.84 bits per heavy atom. The molecule has 0 aliphatic carbocycles. The summed E-state index contributed by atoms with van der Waals surface area (Å²) in [5.74, 6) is -0.404. The molecular formula is C16H25F2N. The monoisotopic (exact) mass is 269 g/mol. The number of benzene rings is 1. The predicted molar refractivity (Wildman–Crippen MR) is 76.2 cm³/mol. The quantitative estimate of drug-likeness (QED) is 0.753. The largest absolute Gasteiger partial charge is 0.310 e. The van der Waals surface area contributed by atoms with Gasteiger partial charge in [-0.15, -0.1) is 0 Å². The topological polar surface area (TPSA) is 12.0 Å². The number of nitrogens with one attached hydrogen (secondary N) is 1. The maximum atomic E-state index is 14.0. The molecule has 0 aliphatic heterocycles. The molecule has 0 saturated heterocycles. The van der Waals surface area contributed by atoms with E-state index in [0.29, 0.717) is 17.0 Å². The molecule has 19 heavy (non-hydrogen) atoms. The molecule has 1 aromatic rings. The fraction of sp³-hybridized carbons (Fsp3) is 0.625. The van der Waals surface area contributed by atoms with Crippen molar-refractivity contribution in [3.8, 4) is 0 Å². The standard InChI is InChI=1S/C16H25F2N/c1-5-7-19-16(8-11(3)6-2)13-9-12(4)14(17)10-15(13)18/h9-11,16,19H,5-8H2,1-4H3. The van der Waals surface area contributed by atoms with Gasteiger partial charge in [-0.05, 0) is 43.9 Å². The van der Waals surface area contributed by atoms with Crippen LogP contribution in [0.2, 0.25) is 0 Å². The third-order valence-electron chi connectivity index (χ3n) is 3.63. The summed E-state index contributed by atoms with van der Waals surface area (Å²) >= 11 is 0. The lowest BCUT2D eigenvalue weighted by atomic mass is 9.93. The first-order chi connectivity index (χ1) is 8.99. The van der Waals surface area contributed by atoms with Gasteiger partial charge in [0.05, 0.1) is 0 Å². The van der Waals surface area contributed by atoms with E-state index in [1.807, 2.05) is 0 Å². The summed E-state index contributed by atoms with van der Waals surface area (Å²) in [6, 6.07) is 2.61. The van der Waals surface area contributed by atoms with Gasteiger partial charge in [0.15, 0.2) is 0 Å². The van der Waals surface area contributed by atoms with Crippen LogP contribution in [0.4, 0.5) is 8.78 Å². The van der Waals surface area contributed by atoms with Crippen LogP contribution in [0.25, 0.3) is 0 Å². The Bertz CT molecular complexity index is 404. The van der Waals surface area contributed by atoms with Crippen LogP contribution >= 0.6 is 0 Å². The smallest absolute Gasteiger partial charge is 0.130 e. The Balaban J connectivity index is 2.98. The first-order valence-corrected chi connectivity index (χ1v) is 7.18. The molecule has 0 aromatic heterocycles. The highest BCUT2D eigenvalue weighted by Crippen LogP contribution is 2.27. The summed E-state index contributed by atoms with van der Waals surface area (Å²) in [6.45, 7) is 8.90.